The first-order valence-electron chi connectivity index (χ1n) is 11.6. The molecule has 0 unspecified atom stereocenters. The molecule has 0 atom stereocenters. The monoisotopic (exact) mass is 502 g/mol. The van der Waals surface area contributed by atoms with Crippen molar-refractivity contribution in [3.05, 3.63) is 88.5 Å². The summed E-state index contributed by atoms with van der Waals surface area (Å²) in [5, 5.41) is 9.23. The minimum absolute atomic E-state index is 0.137. The molecule has 0 fully saturated rings. The molecule has 3 aromatic rings. The van der Waals surface area contributed by atoms with E-state index < -0.39 is 11.8 Å². The number of hydrazone groups is 1. The maximum Gasteiger partial charge on any atom is 0.329 e. The zero-order valence-corrected chi connectivity index (χ0v) is 21.3. The molecule has 192 valence electrons. The first-order valence-corrected chi connectivity index (χ1v) is 11.6. The highest BCUT2D eigenvalue weighted by atomic mass is 16.5. The van der Waals surface area contributed by atoms with Gasteiger partial charge in [0.15, 0.2) is 6.61 Å². The minimum Gasteiger partial charge on any atom is -0.497 e. The molecule has 3 amide bonds. The number of rotatable bonds is 9. The molecular formula is C28H30N4O5. The summed E-state index contributed by atoms with van der Waals surface area (Å²) < 4.78 is 10.6. The quantitative estimate of drug-likeness (QED) is 0.235. The van der Waals surface area contributed by atoms with Gasteiger partial charge in [-0.2, -0.15) is 5.10 Å². The summed E-state index contributed by atoms with van der Waals surface area (Å²) in [6.45, 7) is 5.98. The summed E-state index contributed by atoms with van der Waals surface area (Å²) in [4.78, 5) is 36.2. The van der Waals surface area contributed by atoms with Crippen LogP contribution in [0.5, 0.6) is 11.5 Å². The molecule has 0 heterocycles. The molecule has 3 aromatic carbocycles. The Morgan fingerprint density at radius 1 is 0.865 bits per heavy atom. The van der Waals surface area contributed by atoms with E-state index in [1.807, 2.05) is 32.9 Å². The third kappa shape index (κ3) is 8.21. The number of amides is 3. The Morgan fingerprint density at radius 2 is 1.49 bits per heavy atom. The lowest BCUT2D eigenvalue weighted by molar-refractivity contribution is -0.139. The van der Waals surface area contributed by atoms with Crippen molar-refractivity contribution in [2.24, 2.45) is 5.10 Å². The largest absolute Gasteiger partial charge is 0.497 e. The van der Waals surface area contributed by atoms with Gasteiger partial charge in [-0.3, -0.25) is 14.4 Å². The Labute approximate surface area is 215 Å². The fourth-order valence-corrected chi connectivity index (χ4v) is 3.57. The van der Waals surface area contributed by atoms with E-state index in [0.29, 0.717) is 17.1 Å². The summed E-state index contributed by atoms with van der Waals surface area (Å²) in [6, 6.07) is 17.9. The first-order chi connectivity index (χ1) is 17.7. The fourth-order valence-electron chi connectivity index (χ4n) is 3.57. The van der Waals surface area contributed by atoms with Crippen molar-refractivity contribution in [3.63, 3.8) is 0 Å². The maximum atomic E-state index is 12.3. The van der Waals surface area contributed by atoms with Crippen molar-refractivity contribution < 1.29 is 23.9 Å². The van der Waals surface area contributed by atoms with Gasteiger partial charge >= 0.3 is 11.8 Å². The molecular weight excluding hydrogens is 472 g/mol. The molecule has 0 bridgehead atoms. The number of ether oxygens (including phenoxy) is 2. The average molecular weight is 503 g/mol. The van der Waals surface area contributed by atoms with Crippen LogP contribution in [0.15, 0.2) is 65.8 Å². The molecule has 0 aliphatic heterocycles. The Morgan fingerprint density at radius 3 is 2.11 bits per heavy atom. The van der Waals surface area contributed by atoms with Gasteiger partial charge in [-0.05, 0) is 79.4 Å². The third-order valence-electron chi connectivity index (χ3n) is 5.39. The van der Waals surface area contributed by atoms with Crippen molar-refractivity contribution in [2.75, 3.05) is 19.0 Å². The number of aryl methyl sites for hydroxylation is 3. The highest BCUT2D eigenvalue weighted by Gasteiger charge is 2.12. The highest BCUT2D eigenvalue weighted by Crippen LogP contribution is 2.22. The topological polar surface area (TPSA) is 118 Å². The number of hydrogen-bond acceptors (Lipinski definition) is 6. The van der Waals surface area contributed by atoms with Gasteiger partial charge in [0, 0.05) is 12.2 Å². The van der Waals surface area contributed by atoms with Crippen LogP contribution in [0.3, 0.4) is 0 Å². The zero-order chi connectivity index (χ0) is 26.8. The van der Waals surface area contributed by atoms with Gasteiger partial charge in [-0.15, -0.1) is 0 Å². The molecule has 37 heavy (non-hydrogen) atoms. The predicted octanol–water partition coefficient (Wildman–Crippen LogP) is 3.40. The standard InChI is InChI=1S/C28H30N4O5/c1-18-13-19(2)26(20(3)14-18)31-25(33)17-37-24-11-7-22(8-12-24)16-30-32-28(35)27(34)29-15-21-5-9-23(36-4)10-6-21/h5-14,16H,15,17H2,1-4H3,(H,29,34)(H,31,33)(H,32,35)/b30-16-. The lowest BCUT2D eigenvalue weighted by Gasteiger charge is -2.13. The first kappa shape index (κ1) is 26.9. The number of methoxy groups -OCH3 is 1. The summed E-state index contributed by atoms with van der Waals surface area (Å²) in [6.07, 6.45) is 1.40. The van der Waals surface area contributed by atoms with Crippen LogP contribution in [-0.4, -0.2) is 37.7 Å². The van der Waals surface area contributed by atoms with Crippen LogP contribution in [0.2, 0.25) is 0 Å². The van der Waals surface area contributed by atoms with Crippen molar-refractivity contribution in [1.29, 1.82) is 0 Å². The SMILES string of the molecule is COc1ccc(CNC(=O)C(=O)N/N=C\c2ccc(OCC(=O)Nc3c(C)cc(C)cc3C)cc2)cc1. The molecule has 0 radical (unpaired) electrons. The van der Waals surface area contributed by atoms with E-state index in [-0.39, 0.29) is 19.1 Å². The van der Waals surface area contributed by atoms with E-state index in [4.69, 9.17) is 9.47 Å². The number of carbonyl (C=O) groups excluding carboxylic acids is 3. The van der Waals surface area contributed by atoms with E-state index >= 15 is 0 Å². The van der Waals surface area contributed by atoms with Crippen molar-refractivity contribution in [1.82, 2.24) is 10.7 Å². The average Bonchev–Trinajstić information content (AvgIpc) is 2.89. The second-order valence-electron chi connectivity index (χ2n) is 8.41. The van der Waals surface area contributed by atoms with Gasteiger partial charge in [-0.1, -0.05) is 29.8 Å². The second kappa shape index (κ2) is 12.9. The summed E-state index contributed by atoms with van der Waals surface area (Å²) >= 11 is 0. The van der Waals surface area contributed by atoms with Crippen LogP contribution in [-0.2, 0) is 20.9 Å². The molecule has 9 heteroatoms. The van der Waals surface area contributed by atoms with E-state index in [0.717, 1.165) is 27.9 Å². The van der Waals surface area contributed by atoms with E-state index in [1.165, 1.54) is 6.21 Å². The van der Waals surface area contributed by atoms with Crippen LogP contribution in [0.4, 0.5) is 5.69 Å². The molecule has 0 saturated carbocycles. The molecule has 3 rings (SSSR count). The Kier molecular flexibility index (Phi) is 9.37. The molecule has 0 aliphatic rings. The Hall–Kier alpha value is -4.66. The number of hydrogen-bond donors (Lipinski definition) is 3. The Balaban J connectivity index is 1.41. The maximum absolute atomic E-state index is 12.3. The number of benzene rings is 3. The van der Waals surface area contributed by atoms with Crippen molar-refractivity contribution >= 4 is 29.6 Å². The van der Waals surface area contributed by atoms with E-state index in [9.17, 15) is 14.4 Å². The fraction of sp³-hybridized carbons (Fsp3) is 0.214. The smallest absolute Gasteiger partial charge is 0.329 e. The molecule has 0 saturated heterocycles. The van der Waals surface area contributed by atoms with Crippen molar-refractivity contribution in [3.8, 4) is 11.5 Å². The molecule has 9 nitrogen and oxygen atoms in total. The summed E-state index contributed by atoms with van der Waals surface area (Å²) in [5.41, 5.74) is 7.61. The Bertz CT molecular complexity index is 1260. The van der Waals surface area contributed by atoms with Gasteiger partial charge in [-0.25, -0.2) is 5.43 Å². The van der Waals surface area contributed by atoms with Crippen LogP contribution < -0.4 is 25.5 Å². The zero-order valence-electron chi connectivity index (χ0n) is 21.3. The van der Waals surface area contributed by atoms with Crippen LogP contribution in [0, 0.1) is 20.8 Å². The summed E-state index contributed by atoms with van der Waals surface area (Å²) in [7, 11) is 1.57. The number of anilines is 1. The minimum atomic E-state index is -0.880. The van der Waals surface area contributed by atoms with Crippen LogP contribution in [0.1, 0.15) is 27.8 Å². The molecule has 0 aromatic heterocycles. The second-order valence-corrected chi connectivity index (χ2v) is 8.41. The normalized spacial score (nSPS) is 10.6. The molecule has 0 spiro atoms. The molecule has 0 aliphatic carbocycles. The van der Waals surface area contributed by atoms with Gasteiger partial charge in [0.05, 0.1) is 13.3 Å². The number of nitrogens with one attached hydrogen (secondary N) is 3. The van der Waals surface area contributed by atoms with Crippen LogP contribution in [0.25, 0.3) is 0 Å². The predicted molar refractivity (Wildman–Crippen MR) is 142 cm³/mol. The lowest BCUT2D eigenvalue weighted by Crippen LogP contribution is -2.37. The summed E-state index contributed by atoms with van der Waals surface area (Å²) in [5.74, 6) is -0.725. The van der Waals surface area contributed by atoms with E-state index in [2.05, 4.69) is 21.2 Å². The number of carbonyl (C=O) groups is 3. The van der Waals surface area contributed by atoms with Gasteiger partial charge < -0.3 is 20.1 Å². The van der Waals surface area contributed by atoms with Gasteiger partial charge in [0.25, 0.3) is 5.91 Å². The van der Waals surface area contributed by atoms with Crippen LogP contribution >= 0.6 is 0 Å². The van der Waals surface area contributed by atoms with Gasteiger partial charge in [0.2, 0.25) is 0 Å². The van der Waals surface area contributed by atoms with E-state index in [1.54, 1.807) is 55.6 Å². The molecule has 3 N–H and O–H groups in total. The highest BCUT2D eigenvalue weighted by molar-refractivity contribution is 6.35. The lowest BCUT2D eigenvalue weighted by atomic mass is 10.1. The third-order valence-corrected chi connectivity index (χ3v) is 5.39. The van der Waals surface area contributed by atoms with Crippen molar-refractivity contribution in [2.45, 2.75) is 27.3 Å². The van der Waals surface area contributed by atoms with Gasteiger partial charge in [0.1, 0.15) is 11.5 Å². The number of nitrogens with zero attached hydrogens (tertiary/aromatic N) is 1.